The van der Waals surface area contributed by atoms with Crippen LogP contribution in [-0.2, 0) is 9.59 Å². The maximum atomic E-state index is 13.0. The maximum absolute atomic E-state index is 13.0. The molecule has 0 fully saturated rings. The van der Waals surface area contributed by atoms with E-state index in [4.69, 9.17) is 27.9 Å². The maximum Gasteiger partial charge on any atom is 0.278 e. The van der Waals surface area contributed by atoms with Crippen LogP contribution in [0.3, 0.4) is 0 Å². The van der Waals surface area contributed by atoms with Crippen LogP contribution in [0.1, 0.15) is 18.9 Å². The van der Waals surface area contributed by atoms with Gasteiger partial charge in [-0.25, -0.2) is 0 Å². The van der Waals surface area contributed by atoms with Crippen molar-refractivity contribution in [3.63, 3.8) is 0 Å². The van der Waals surface area contributed by atoms with Crippen molar-refractivity contribution in [1.29, 1.82) is 0 Å². The van der Waals surface area contributed by atoms with Crippen LogP contribution in [0.5, 0.6) is 5.75 Å². The smallest absolute Gasteiger partial charge is 0.278 e. The molecule has 5 nitrogen and oxygen atoms in total. The Balaban J connectivity index is 2.11. The van der Waals surface area contributed by atoms with Crippen molar-refractivity contribution in [1.82, 2.24) is 4.90 Å². The number of amides is 2. The fraction of sp³-hybridized carbons (Fsp3) is 0.200. The molecule has 3 rings (SSSR count). The fourth-order valence-electron chi connectivity index (χ4n) is 2.91. The normalized spacial score (nSPS) is 14.1. The molecule has 0 saturated heterocycles. The van der Waals surface area contributed by atoms with Crippen LogP contribution in [-0.4, -0.2) is 30.4 Å². The Labute approximate surface area is 167 Å². The number of nitrogens with zero attached hydrogens (tertiary/aromatic N) is 1. The fourth-order valence-corrected chi connectivity index (χ4v) is 3.41. The molecular formula is C20H18Cl2N2O3. The highest BCUT2D eigenvalue weighted by atomic mass is 35.5. The second-order valence-corrected chi connectivity index (χ2v) is 6.84. The predicted octanol–water partition coefficient (Wildman–Crippen LogP) is 4.60. The first-order chi connectivity index (χ1) is 13.0. The van der Waals surface area contributed by atoms with E-state index in [1.807, 2.05) is 6.92 Å². The largest absolute Gasteiger partial charge is 0.497 e. The molecule has 0 saturated carbocycles. The van der Waals surface area contributed by atoms with Crippen LogP contribution in [0, 0.1) is 0 Å². The quantitative estimate of drug-likeness (QED) is 0.714. The molecule has 7 heteroatoms. The highest BCUT2D eigenvalue weighted by molar-refractivity contribution is 6.41. The topological polar surface area (TPSA) is 58.6 Å². The second-order valence-electron chi connectivity index (χ2n) is 5.99. The van der Waals surface area contributed by atoms with Crippen LogP contribution in [0.15, 0.2) is 48.2 Å². The van der Waals surface area contributed by atoms with Gasteiger partial charge in [-0.05, 0) is 30.7 Å². The Kier molecular flexibility index (Phi) is 5.73. The van der Waals surface area contributed by atoms with Gasteiger partial charge in [0, 0.05) is 28.9 Å². The van der Waals surface area contributed by atoms with Gasteiger partial charge in [0.1, 0.15) is 11.4 Å². The summed E-state index contributed by atoms with van der Waals surface area (Å²) in [6, 6.07) is 12.0. The first-order valence-corrected chi connectivity index (χ1v) is 9.18. The van der Waals surface area contributed by atoms with E-state index in [2.05, 4.69) is 5.32 Å². The van der Waals surface area contributed by atoms with Crippen molar-refractivity contribution in [2.24, 2.45) is 0 Å². The average Bonchev–Trinajstić information content (AvgIpc) is 2.87. The van der Waals surface area contributed by atoms with Gasteiger partial charge in [0.2, 0.25) is 0 Å². The number of halogens is 2. The van der Waals surface area contributed by atoms with E-state index in [9.17, 15) is 9.59 Å². The molecule has 0 radical (unpaired) electrons. The third-order valence-corrected chi connectivity index (χ3v) is 4.70. The van der Waals surface area contributed by atoms with Crippen molar-refractivity contribution in [2.45, 2.75) is 13.3 Å². The van der Waals surface area contributed by atoms with Gasteiger partial charge in [-0.15, -0.1) is 0 Å². The summed E-state index contributed by atoms with van der Waals surface area (Å²) in [5, 5.41) is 3.83. The third-order valence-electron chi connectivity index (χ3n) is 4.15. The van der Waals surface area contributed by atoms with Crippen LogP contribution < -0.4 is 10.1 Å². The van der Waals surface area contributed by atoms with Crippen molar-refractivity contribution in [2.75, 3.05) is 19.0 Å². The van der Waals surface area contributed by atoms with E-state index in [0.717, 1.165) is 0 Å². The van der Waals surface area contributed by atoms with Crippen LogP contribution in [0.2, 0.25) is 10.0 Å². The van der Waals surface area contributed by atoms with Gasteiger partial charge in [0.15, 0.2) is 0 Å². The molecule has 0 unspecified atom stereocenters. The van der Waals surface area contributed by atoms with E-state index >= 15 is 0 Å². The monoisotopic (exact) mass is 404 g/mol. The average molecular weight is 405 g/mol. The number of nitrogens with one attached hydrogen (secondary N) is 1. The zero-order chi connectivity index (χ0) is 19.6. The van der Waals surface area contributed by atoms with E-state index in [1.54, 1.807) is 49.6 Å². The number of carbonyl (C=O) groups excluding carboxylic acids is 2. The van der Waals surface area contributed by atoms with Crippen LogP contribution in [0.4, 0.5) is 5.69 Å². The van der Waals surface area contributed by atoms with Gasteiger partial charge >= 0.3 is 0 Å². The molecule has 1 N–H and O–H groups in total. The minimum absolute atomic E-state index is 0.186. The predicted molar refractivity (Wildman–Crippen MR) is 107 cm³/mol. The summed E-state index contributed by atoms with van der Waals surface area (Å²) in [4.78, 5) is 27.1. The summed E-state index contributed by atoms with van der Waals surface area (Å²) in [5.41, 5.74) is 1.51. The number of rotatable bonds is 6. The lowest BCUT2D eigenvalue weighted by molar-refractivity contribution is -0.136. The van der Waals surface area contributed by atoms with Gasteiger partial charge in [0.05, 0.1) is 17.7 Å². The summed E-state index contributed by atoms with van der Waals surface area (Å²) in [7, 11) is 1.56. The summed E-state index contributed by atoms with van der Waals surface area (Å²) in [6.45, 7) is 2.23. The lowest BCUT2D eigenvalue weighted by Crippen LogP contribution is -2.33. The first-order valence-electron chi connectivity index (χ1n) is 8.43. The minimum Gasteiger partial charge on any atom is -0.497 e. The Morgan fingerprint density at radius 1 is 1.07 bits per heavy atom. The molecule has 0 aromatic heterocycles. The lowest BCUT2D eigenvalue weighted by Gasteiger charge is -2.14. The Bertz CT molecular complexity index is 941. The molecular weight excluding hydrogens is 387 g/mol. The number of hydrogen-bond acceptors (Lipinski definition) is 4. The first kappa shape index (κ1) is 19.3. The number of carbonyl (C=O) groups is 2. The van der Waals surface area contributed by atoms with E-state index in [1.165, 1.54) is 4.90 Å². The highest BCUT2D eigenvalue weighted by Gasteiger charge is 2.39. The van der Waals surface area contributed by atoms with Gasteiger partial charge in [-0.2, -0.15) is 0 Å². The van der Waals surface area contributed by atoms with Gasteiger partial charge in [-0.3, -0.25) is 14.5 Å². The molecule has 2 amide bonds. The second kappa shape index (κ2) is 8.03. The molecule has 0 bridgehead atoms. The van der Waals surface area contributed by atoms with Crippen LogP contribution >= 0.6 is 23.2 Å². The number of ether oxygens (including phenoxy) is 1. The third kappa shape index (κ3) is 3.80. The zero-order valence-corrected chi connectivity index (χ0v) is 16.4. The number of methoxy groups -OCH3 is 1. The molecule has 1 aliphatic heterocycles. The molecule has 27 heavy (non-hydrogen) atoms. The van der Waals surface area contributed by atoms with Gasteiger partial charge < -0.3 is 10.1 Å². The molecule has 2 aromatic carbocycles. The van der Waals surface area contributed by atoms with E-state index < -0.39 is 0 Å². The molecule has 140 valence electrons. The van der Waals surface area contributed by atoms with Crippen molar-refractivity contribution in [3.05, 3.63) is 63.8 Å². The molecule has 0 atom stereocenters. The summed E-state index contributed by atoms with van der Waals surface area (Å²) < 4.78 is 5.22. The van der Waals surface area contributed by atoms with E-state index in [0.29, 0.717) is 40.0 Å². The van der Waals surface area contributed by atoms with E-state index in [-0.39, 0.29) is 23.1 Å². The summed E-state index contributed by atoms with van der Waals surface area (Å²) >= 11 is 12.3. The Morgan fingerprint density at radius 2 is 1.85 bits per heavy atom. The molecule has 2 aromatic rings. The SMILES string of the molecule is CCCN1C(=O)C(Nc2cccc(OC)c2)=C(c2ccc(Cl)cc2Cl)C1=O. The highest BCUT2D eigenvalue weighted by Crippen LogP contribution is 2.35. The molecule has 1 heterocycles. The molecule has 0 aliphatic carbocycles. The Hall–Kier alpha value is -2.50. The van der Waals surface area contributed by atoms with Gasteiger partial charge in [0.25, 0.3) is 11.8 Å². The number of hydrogen-bond donors (Lipinski definition) is 1. The van der Waals surface area contributed by atoms with Crippen molar-refractivity contribution < 1.29 is 14.3 Å². The molecule has 0 spiro atoms. The number of benzene rings is 2. The van der Waals surface area contributed by atoms with Crippen molar-refractivity contribution in [3.8, 4) is 5.75 Å². The molecule has 1 aliphatic rings. The number of anilines is 1. The standard InChI is InChI=1S/C20H18Cl2N2O3/c1-3-9-24-19(25)17(15-8-7-12(21)10-16(15)22)18(20(24)26)23-13-5-4-6-14(11-13)27-2/h4-8,10-11,23H,3,9H2,1-2H3. The van der Waals surface area contributed by atoms with Crippen LogP contribution in [0.25, 0.3) is 5.57 Å². The van der Waals surface area contributed by atoms with Gasteiger partial charge in [-0.1, -0.05) is 42.3 Å². The Morgan fingerprint density at radius 3 is 2.52 bits per heavy atom. The summed E-state index contributed by atoms with van der Waals surface area (Å²) in [6.07, 6.45) is 0.658. The minimum atomic E-state index is -0.384. The lowest BCUT2D eigenvalue weighted by atomic mass is 10.0. The van der Waals surface area contributed by atoms with Crippen molar-refractivity contribution >= 4 is 46.3 Å². The zero-order valence-electron chi connectivity index (χ0n) is 14.9. The number of imide groups is 1. The summed E-state index contributed by atoms with van der Waals surface area (Å²) in [5.74, 6) is -0.129.